The largest absolute Gasteiger partial charge is 0.493 e. The van der Waals surface area contributed by atoms with Gasteiger partial charge in [-0.1, -0.05) is 18.2 Å². The van der Waals surface area contributed by atoms with Gasteiger partial charge in [0.25, 0.3) is 0 Å². The zero-order valence-electron chi connectivity index (χ0n) is 19.6. The number of amides is 1. The quantitative estimate of drug-likeness (QED) is 0.556. The summed E-state index contributed by atoms with van der Waals surface area (Å²) in [6.07, 6.45) is -2.18. The molecule has 2 saturated heterocycles. The third-order valence-corrected chi connectivity index (χ3v) is 6.80. The van der Waals surface area contributed by atoms with Gasteiger partial charge in [0.05, 0.1) is 19.3 Å². The van der Waals surface area contributed by atoms with E-state index in [1.165, 1.54) is 12.1 Å². The van der Waals surface area contributed by atoms with E-state index >= 15 is 0 Å². The van der Waals surface area contributed by atoms with E-state index in [9.17, 15) is 18.0 Å². The summed E-state index contributed by atoms with van der Waals surface area (Å²) in [6, 6.07) is 11.3. The number of alkyl halides is 3. The van der Waals surface area contributed by atoms with Crippen molar-refractivity contribution in [2.24, 2.45) is 5.92 Å². The molecule has 4 rings (SSSR count). The smallest absolute Gasteiger partial charge is 0.416 e. The Morgan fingerprint density at radius 1 is 1.00 bits per heavy atom. The van der Waals surface area contributed by atoms with E-state index in [1.54, 1.807) is 7.11 Å². The predicted octanol–water partition coefficient (Wildman–Crippen LogP) is 5.13. The van der Waals surface area contributed by atoms with Crippen molar-refractivity contribution >= 4 is 5.91 Å². The molecule has 0 bridgehead atoms. The van der Waals surface area contributed by atoms with Gasteiger partial charge >= 0.3 is 6.18 Å². The summed E-state index contributed by atoms with van der Waals surface area (Å²) in [5.41, 5.74) is 1.21. The van der Waals surface area contributed by atoms with E-state index in [4.69, 9.17) is 9.47 Å². The van der Waals surface area contributed by atoms with Crippen molar-refractivity contribution < 1.29 is 27.4 Å². The van der Waals surface area contributed by atoms with Crippen molar-refractivity contribution in [3.05, 3.63) is 59.2 Å². The Bertz CT molecular complexity index is 994. The lowest BCUT2D eigenvalue weighted by atomic mass is 9.83. The Morgan fingerprint density at radius 2 is 1.74 bits per heavy atom. The second-order valence-corrected chi connectivity index (χ2v) is 9.02. The van der Waals surface area contributed by atoms with E-state index in [0.717, 1.165) is 61.5 Å². The molecule has 0 saturated carbocycles. The number of halogens is 3. The molecule has 184 valence electrons. The number of fused-ring (bicyclic) bond motifs is 1. The molecule has 34 heavy (non-hydrogen) atoms. The Hall–Kier alpha value is -2.74. The summed E-state index contributed by atoms with van der Waals surface area (Å²) in [5.74, 6) is 1.90. The number of piperidine rings is 2. The number of methoxy groups -OCH3 is 1. The van der Waals surface area contributed by atoms with E-state index in [2.05, 4.69) is 11.0 Å². The minimum Gasteiger partial charge on any atom is -0.493 e. The van der Waals surface area contributed by atoms with Gasteiger partial charge in [-0.25, -0.2) is 0 Å². The Kier molecular flexibility index (Phi) is 7.36. The van der Waals surface area contributed by atoms with Crippen LogP contribution >= 0.6 is 0 Å². The molecule has 0 spiro atoms. The first-order valence-electron chi connectivity index (χ1n) is 11.8. The molecule has 0 unspecified atom stereocenters. The lowest BCUT2D eigenvalue weighted by Gasteiger charge is -2.47. The van der Waals surface area contributed by atoms with Gasteiger partial charge in [0.15, 0.2) is 11.5 Å². The minimum atomic E-state index is -4.36. The van der Waals surface area contributed by atoms with E-state index in [0.29, 0.717) is 31.2 Å². The molecule has 2 aliphatic heterocycles. The molecule has 1 amide bonds. The average molecular weight is 477 g/mol. The van der Waals surface area contributed by atoms with Gasteiger partial charge in [0.1, 0.15) is 0 Å². The molecule has 0 N–H and O–H groups in total. The molecule has 2 aromatic carbocycles. The monoisotopic (exact) mass is 476 g/mol. The molecular weight excluding hydrogens is 445 g/mol. The van der Waals surface area contributed by atoms with E-state index in [1.807, 2.05) is 24.0 Å². The first kappa shape index (κ1) is 24.4. The maximum Gasteiger partial charge on any atom is 0.416 e. The lowest BCUT2D eigenvalue weighted by Crippen LogP contribution is -2.55. The number of ether oxygens (including phenoxy) is 2. The molecule has 0 aromatic heterocycles. The van der Waals surface area contributed by atoms with Crippen LogP contribution in [0.25, 0.3) is 0 Å². The molecule has 5 nitrogen and oxygen atoms in total. The van der Waals surface area contributed by atoms with Gasteiger partial charge < -0.3 is 14.4 Å². The number of benzene rings is 2. The number of carbonyl (C=O) groups is 1. The predicted molar refractivity (Wildman–Crippen MR) is 123 cm³/mol. The van der Waals surface area contributed by atoms with Crippen LogP contribution in [0, 0.1) is 5.92 Å². The number of hydrogen-bond acceptors (Lipinski definition) is 4. The molecule has 8 heteroatoms. The highest BCUT2D eigenvalue weighted by molar-refractivity contribution is 5.77. The summed E-state index contributed by atoms with van der Waals surface area (Å²) in [5, 5.41) is 0. The number of likely N-dealkylation sites (tertiary alicyclic amines) is 2. The topological polar surface area (TPSA) is 42.0 Å². The lowest BCUT2D eigenvalue weighted by molar-refractivity contribution is -0.142. The second kappa shape index (κ2) is 10.3. The third kappa shape index (κ3) is 5.49. The van der Waals surface area contributed by atoms with Crippen molar-refractivity contribution in [2.75, 3.05) is 26.8 Å². The number of hydrogen-bond donors (Lipinski definition) is 0. The summed E-state index contributed by atoms with van der Waals surface area (Å²) in [7, 11) is 1.63. The third-order valence-electron chi connectivity index (χ3n) is 6.80. The highest BCUT2D eigenvalue weighted by atomic mass is 19.4. The van der Waals surface area contributed by atoms with Crippen LogP contribution in [0.1, 0.15) is 42.9 Å². The van der Waals surface area contributed by atoms with Crippen molar-refractivity contribution in [2.45, 2.75) is 51.5 Å². The highest BCUT2D eigenvalue weighted by Crippen LogP contribution is 2.35. The SMILES string of the molecule is CCOc1cc(CN2CC[C@@H]3[C@@H](CCC(=O)N3Cc3ccc(C(F)(F)F)cc3)C2)ccc1OC. The fourth-order valence-corrected chi connectivity index (χ4v) is 5.12. The Labute approximate surface area is 198 Å². The summed E-state index contributed by atoms with van der Waals surface area (Å²) in [6.45, 7) is 5.40. The standard InChI is InChI=1S/C26H31F3N2O3/c1-3-34-24-14-19(6-10-23(24)33-2)15-30-13-12-22-20(17-30)7-11-25(32)31(22)16-18-4-8-21(9-5-18)26(27,28)29/h4-6,8-10,14,20,22H,3,7,11-13,15-17H2,1-2H3/t20-,22+/m0/s1. The van der Waals surface area contributed by atoms with Gasteiger partial charge in [-0.2, -0.15) is 13.2 Å². The van der Waals surface area contributed by atoms with E-state index in [-0.39, 0.29) is 11.9 Å². The van der Waals surface area contributed by atoms with Crippen LogP contribution in [0.4, 0.5) is 13.2 Å². The minimum absolute atomic E-state index is 0.0890. The summed E-state index contributed by atoms with van der Waals surface area (Å²) < 4.78 is 49.7. The van der Waals surface area contributed by atoms with Crippen LogP contribution in [0.3, 0.4) is 0 Å². The zero-order valence-corrected chi connectivity index (χ0v) is 19.6. The fraction of sp³-hybridized carbons (Fsp3) is 0.500. The molecule has 2 atom stereocenters. The number of nitrogens with zero attached hydrogens (tertiary/aromatic N) is 2. The molecule has 2 aromatic rings. The van der Waals surface area contributed by atoms with Crippen LogP contribution in [0.2, 0.25) is 0 Å². The van der Waals surface area contributed by atoms with Crippen LogP contribution in [0.5, 0.6) is 11.5 Å². The Balaban J connectivity index is 1.40. The number of rotatable bonds is 7. The zero-order chi connectivity index (χ0) is 24.3. The van der Waals surface area contributed by atoms with Crippen molar-refractivity contribution in [1.29, 1.82) is 0 Å². The van der Waals surface area contributed by atoms with Gasteiger partial charge in [-0.3, -0.25) is 9.69 Å². The molecular formula is C26H31F3N2O3. The first-order chi connectivity index (χ1) is 16.3. The van der Waals surface area contributed by atoms with E-state index < -0.39 is 11.7 Å². The van der Waals surface area contributed by atoms with Crippen molar-refractivity contribution in [3.63, 3.8) is 0 Å². The Morgan fingerprint density at radius 3 is 2.41 bits per heavy atom. The van der Waals surface area contributed by atoms with Gasteiger partial charge in [0, 0.05) is 38.6 Å². The van der Waals surface area contributed by atoms with Gasteiger partial charge in [-0.05, 0) is 61.1 Å². The molecule has 0 radical (unpaired) electrons. The van der Waals surface area contributed by atoms with Crippen LogP contribution in [-0.4, -0.2) is 48.6 Å². The number of carbonyl (C=O) groups excluding carboxylic acids is 1. The van der Waals surface area contributed by atoms with Gasteiger partial charge in [0.2, 0.25) is 5.91 Å². The fourth-order valence-electron chi connectivity index (χ4n) is 5.12. The highest BCUT2D eigenvalue weighted by Gasteiger charge is 2.39. The van der Waals surface area contributed by atoms with Crippen LogP contribution < -0.4 is 9.47 Å². The average Bonchev–Trinajstić information content (AvgIpc) is 2.81. The summed E-state index contributed by atoms with van der Waals surface area (Å²) >= 11 is 0. The van der Waals surface area contributed by atoms with Crippen LogP contribution in [0.15, 0.2) is 42.5 Å². The van der Waals surface area contributed by atoms with Crippen molar-refractivity contribution in [3.8, 4) is 11.5 Å². The maximum atomic E-state index is 12.9. The summed E-state index contributed by atoms with van der Waals surface area (Å²) in [4.78, 5) is 17.0. The van der Waals surface area contributed by atoms with Gasteiger partial charge in [-0.15, -0.1) is 0 Å². The first-order valence-corrected chi connectivity index (χ1v) is 11.8. The normalized spacial score (nSPS) is 21.3. The van der Waals surface area contributed by atoms with Crippen LogP contribution in [-0.2, 0) is 24.1 Å². The molecule has 0 aliphatic carbocycles. The molecule has 2 fully saturated rings. The second-order valence-electron chi connectivity index (χ2n) is 9.02. The van der Waals surface area contributed by atoms with Crippen molar-refractivity contribution in [1.82, 2.24) is 9.80 Å². The maximum absolute atomic E-state index is 12.9. The molecule has 2 aliphatic rings. The molecule has 2 heterocycles.